The molecule has 0 radical (unpaired) electrons. The summed E-state index contributed by atoms with van der Waals surface area (Å²) < 4.78 is 33.1. The fourth-order valence-electron chi connectivity index (χ4n) is 4.65. The van der Waals surface area contributed by atoms with Crippen molar-refractivity contribution in [3.63, 3.8) is 0 Å². The van der Waals surface area contributed by atoms with Gasteiger partial charge in [0.15, 0.2) is 0 Å². The van der Waals surface area contributed by atoms with E-state index in [1.54, 1.807) is 0 Å². The van der Waals surface area contributed by atoms with Gasteiger partial charge in [0.05, 0.1) is 19.8 Å². The summed E-state index contributed by atoms with van der Waals surface area (Å²) in [6.45, 7) is 3.63. The lowest BCUT2D eigenvalue weighted by molar-refractivity contribution is -0.154. The van der Waals surface area contributed by atoms with Crippen molar-refractivity contribution < 1.29 is 42.7 Å². The van der Waals surface area contributed by atoms with Crippen LogP contribution in [0.3, 0.4) is 0 Å². The van der Waals surface area contributed by atoms with Crippen LogP contribution in [-0.2, 0) is 32.7 Å². The molecule has 0 fully saturated rings. The number of phosphoric acid groups is 1. The first-order chi connectivity index (χ1) is 25.7. The smallest absolute Gasteiger partial charge is 0.472 e. The zero-order chi connectivity index (χ0) is 39.1. The van der Waals surface area contributed by atoms with Crippen LogP contribution < -0.4 is 5.73 Å². The Bertz CT molecular complexity index is 1160. The van der Waals surface area contributed by atoms with Gasteiger partial charge in [-0.15, -0.1) is 0 Å². The van der Waals surface area contributed by atoms with Crippen LogP contribution in [0.25, 0.3) is 0 Å². The Hall–Kier alpha value is -2.85. The maximum Gasteiger partial charge on any atom is 0.472 e. The molecular formula is C42H70NO9P. The van der Waals surface area contributed by atoms with E-state index in [2.05, 4.69) is 97.4 Å². The zero-order valence-corrected chi connectivity index (χ0v) is 33.5. The summed E-state index contributed by atoms with van der Waals surface area (Å²) in [6.07, 6.45) is 46.6. The Balaban J connectivity index is 4.35. The molecule has 11 heteroatoms. The fraction of sp³-hybridized carbons (Fsp3) is 0.619. The molecule has 0 aliphatic rings. The Morgan fingerprint density at radius 2 is 1.08 bits per heavy atom. The minimum atomic E-state index is -4.63. The van der Waals surface area contributed by atoms with Gasteiger partial charge in [0.1, 0.15) is 12.1 Å². The first-order valence-electron chi connectivity index (χ1n) is 19.6. The van der Waals surface area contributed by atoms with E-state index in [4.69, 9.17) is 24.8 Å². The SMILES string of the molecule is CC/C=C\C/C=C\C/C=C\C/C=C\C/C=C\C/C=C\C/C=C\CCCC(=O)OC(COCCCCCCCCCC)COP(=O)(O)OCC(N)C(=O)O. The highest BCUT2D eigenvalue weighted by Gasteiger charge is 2.27. The highest BCUT2D eigenvalue weighted by atomic mass is 31.2. The number of esters is 1. The molecule has 0 heterocycles. The number of hydrogen-bond acceptors (Lipinski definition) is 8. The van der Waals surface area contributed by atoms with Crippen LogP contribution in [0.15, 0.2) is 85.1 Å². The van der Waals surface area contributed by atoms with E-state index in [-0.39, 0.29) is 13.0 Å². The Morgan fingerprint density at radius 3 is 1.57 bits per heavy atom. The number of carbonyl (C=O) groups excluding carboxylic acids is 1. The van der Waals surface area contributed by atoms with Crippen molar-refractivity contribution in [2.24, 2.45) is 5.73 Å². The van der Waals surface area contributed by atoms with Crippen LogP contribution in [-0.4, -0.2) is 60.5 Å². The third-order valence-electron chi connectivity index (χ3n) is 7.69. The van der Waals surface area contributed by atoms with Crippen molar-refractivity contribution in [3.8, 4) is 0 Å². The third-order valence-corrected chi connectivity index (χ3v) is 8.64. The van der Waals surface area contributed by atoms with Gasteiger partial charge in [0.25, 0.3) is 0 Å². The monoisotopic (exact) mass is 763 g/mol. The number of ether oxygens (including phenoxy) is 2. The van der Waals surface area contributed by atoms with Crippen molar-refractivity contribution in [1.82, 2.24) is 0 Å². The van der Waals surface area contributed by atoms with E-state index in [0.29, 0.717) is 19.4 Å². The van der Waals surface area contributed by atoms with Gasteiger partial charge in [-0.1, -0.05) is 144 Å². The largest absolute Gasteiger partial charge is 0.480 e. The van der Waals surface area contributed by atoms with E-state index in [9.17, 15) is 19.0 Å². The molecule has 3 atom stereocenters. The molecule has 0 rings (SSSR count). The Morgan fingerprint density at radius 1 is 0.623 bits per heavy atom. The molecule has 0 spiro atoms. The van der Waals surface area contributed by atoms with Crippen LogP contribution >= 0.6 is 7.82 Å². The maximum absolute atomic E-state index is 12.5. The molecule has 0 aliphatic heterocycles. The van der Waals surface area contributed by atoms with Crippen LogP contribution in [0, 0.1) is 0 Å². The number of rotatable bonds is 36. The lowest BCUT2D eigenvalue weighted by atomic mass is 10.1. The second kappa shape index (κ2) is 37.5. The first kappa shape index (κ1) is 50.1. The van der Waals surface area contributed by atoms with Crippen LogP contribution in [0.5, 0.6) is 0 Å². The first-order valence-corrected chi connectivity index (χ1v) is 21.1. The van der Waals surface area contributed by atoms with Crippen LogP contribution in [0.4, 0.5) is 0 Å². The standard InChI is InChI=1S/C42H70NO9P/c1-3-5-7-9-11-13-14-15-16-17-18-19-20-21-22-23-24-25-26-27-28-30-32-34-41(44)52-39(36-49-35-33-31-29-12-10-8-6-4-2)37-50-53(47,48)51-38-40(43)42(45)46/h5,7,11,13,15-16,18-19,21-22,24-25,27-28,39-40H,3-4,6,8-10,12,14,17,20,23,26,29-38,43H2,1-2H3,(H,45,46)(H,47,48)/b7-5-,13-11-,16-15-,19-18-,22-21-,25-24-,28-27-. The summed E-state index contributed by atoms with van der Waals surface area (Å²) in [5.74, 6) is -1.85. The summed E-state index contributed by atoms with van der Waals surface area (Å²) in [4.78, 5) is 33.3. The van der Waals surface area contributed by atoms with Crippen molar-refractivity contribution in [2.75, 3.05) is 26.4 Å². The third kappa shape index (κ3) is 37.3. The lowest BCUT2D eigenvalue weighted by Crippen LogP contribution is -2.34. The number of carboxylic acids is 1. The van der Waals surface area contributed by atoms with E-state index in [1.807, 2.05) is 6.08 Å². The van der Waals surface area contributed by atoms with Gasteiger partial charge < -0.3 is 25.2 Å². The molecule has 0 aromatic rings. The molecule has 0 saturated carbocycles. The van der Waals surface area contributed by atoms with E-state index < -0.39 is 45.1 Å². The fourth-order valence-corrected chi connectivity index (χ4v) is 5.43. The van der Waals surface area contributed by atoms with Gasteiger partial charge in [0, 0.05) is 13.0 Å². The molecule has 53 heavy (non-hydrogen) atoms. The van der Waals surface area contributed by atoms with Crippen molar-refractivity contribution in [3.05, 3.63) is 85.1 Å². The van der Waals surface area contributed by atoms with Crippen LogP contribution in [0.1, 0.15) is 129 Å². The molecule has 3 unspecified atom stereocenters. The molecule has 0 bridgehead atoms. The number of allylic oxidation sites excluding steroid dienone is 14. The van der Waals surface area contributed by atoms with Gasteiger partial charge in [-0.2, -0.15) is 0 Å². The normalized spacial score (nSPS) is 14.9. The summed E-state index contributed by atoms with van der Waals surface area (Å²) in [5, 5.41) is 8.85. The van der Waals surface area contributed by atoms with E-state index >= 15 is 0 Å². The second-order valence-electron chi connectivity index (χ2n) is 12.7. The highest BCUT2D eigenvalue weighted by molar-refractivity contribution is 7.47. The van der Waals surface area contributed by atoms with Gasteiger partial charge in [-0.25, -0.2) is 4.57 Å². The number of phosphoric ester groups is 1. The molecule has 0 saturated heterocycles. The molecule has 0 amide bonds. The molecule has 0 aromatic carbocycles. The minimum absolute atomic E-state index is 0.0112. The van der Waals surface area contributed by atoms with Gasteiger partial charge in [0.2, 0.25) is 0 Å². The lowest BCUT2D eigenvalue weighted by Gasteiger charge is -2.20. The number of nitrogens with two attached hydrogens (primary N) is 1. The van der Waals surface area contributed by atoms with Crippen molar-refractivity contribution in [2.45, 2.75) is 142 Å². The summed E-state index contributed by atoms with van der Waals surface area (Å²) in [6, 6.07) is -1.48. The number of carbonyl (C=O) groups is 2. The highest BCUT2D eigenvalue weighted by Crippen LogP contribution is 2.43. The molecule has 302 valence electrons. The number of carboxylic acid groups (broad SMARTS) is 1. The van der Waals surface area contributed by atoms with E-state index in [0.717, 1.165) is 64.2 Å². The van der Waals surface area contributed by atoms with Gasteiger partial charge in [-0.05, 0) is 64.2 Å². The molecule has 0 aliphatic carbocycles. The zero-order valence-electron chi connectivity index (χ0n) is 32.6. The molecule has 0 aromatic heterocycles. The Kier molecular flexibility index (Phi) is 35.5. The second-order valence-corrected chi connectivity index (χ2v) is 14.1. The van der Waals surface area contributed by atoms with Crippen molar-refractivity contribution >= 4 is 19.8 Å². The van der Waals surface area contributed by atoms with Gasteiger partial charge in [-0.3, -0.25) is 18.6 Å². The topological polar surface area (TPSA) is 155 Å². The van der Waals surface area contributed by atoms with E-state index in [1.165, 1.54) is 32.1 Å². The summed E-state index contributed by atoms with van der Waals surface area (Å²) in [5.41, 5.74) is 5.32. The minimum Gasteiger partial charge on any atom is -0.480 e. The summed E-state index contributed by atoms with van der Waals surface area (Å²) in [7, 11) is -4.63. The number of hydrogen-bond donors (Lipinski definition) is 3. The molecular weight excluding hydrogens is 693 g/mol. The number of aliphatic carboxylic acids is 1. The maximum atomic E-state index is 12.5. The average molecular weight is 764 g/mol. The average Bonchev–Trinajstić information content (AvgIpc) is 3.13. The predicted molar refractivity (Wildman–Crippen MR) is 216 cm³/mol. The predicted octanol–water partition coefficient (Wildman–Crippen LogP) is 10.4. The van der Waals surface area contributed by atoms with Crippen molar-refractivity contribution in [1.29, 1.82) is 0 Å². The molecule has 10 nitrogen and oxygen atoms in total. The van der Waals surface area contributed by atoms with Crippen LogP contribution in [0.2, 0.25) is 0 Å². The molecule has 4 N–H and O–H groups in total. The van der Waals surface area contributed by atoms with Gasteiger partial charge >= 0.3 is 19.8 Å². The number of unbranched alkanes of at least 4 members (excludes halogenated alkanes) is 8. The Labute approximate surface area is 320 Å². The quantitative estimate of drug-likeness (QED) is 0.0243. The summed E-state index contributed by atoms with van der Waals surface area (Å²) >= 11 is 0.